The molecule has 17 heavy (non-hydrogen) atoms. The van der Waals surface area contributed by atoms with Crippen molar-refractivity contribution in [1.82, 2.24) is 15.2 Å². The molecule has 0 unspecified atom stereocenters. The monoisotopic (exact) mass is 236 g/mol. The van der Waals surface area contributed by atoms with Crippen molar-refractivity contribution >= 4 is 22.8 Å². The van der Waals surface area contributed by atoms with Crippen LogP contribution in [0, 0.1) is 0 Å². The number of methoxy groups -OCH3 is 1. The van der Waals surface area contributed by atoms with Gasteiger partial charge in [0, 0.05) is 18.7 Å². The second-order valence-electron chi connectivity index (χ2n) is 3.40. The van der Waals surface area contributed by atoms with Gasteiger partial charge >= 0.3 is 6.09 Å². The van der Waals surface area contributed by atoms with Crippen molar-refractivity contribution in [3.05, 3.63) is 18.5 Å². The number of anilines is 1. The van der Waals surface area contributed by atoms with Crippen molar-refractivity contribution in [2.45, 2.75) is 0 Å². The van der Waals surface area contributed by atoms with Crippen LogP contribution in [0.5, 0.6) is 0 Å². The molecule has 0 spiro atoms. The van der Waals surface area contributed by atoms with E-state index in [-0.39, 0.29) is 6.54 Å². The number of ether oxygens (including phenoxy) is 1. The molecular weight excluding hydrogens is 224 g/mol. The first kappa shape index (κ1) is 11.3. The van der Waals surface area contributed by atoms with E-state index in [0.717, 1.165) is 10.3 Å². The average Bonchev–Trinajstić information content (AvgIpc) is 2.73. The Labute approximate surface area is 97.0 Å². The summed E-state index contributed by atoms with van der Waals surface area (Å²) in [6, 6.07) is 1.72. The molecule has 7 heteroatoms. The Morgan fingerprint density at radius 3 is 3.18 bits per heavy atom. The Balaban J connectivity index is 2.38. The van der Waals surface area contributed by atoms with Gasteiger partial charge in [0.1, 0.15) is 0 Å². The van der Waals surface area contributed by atoms with Crippen LogP contribution in [-0.4, -0.2) is 46.6 Å². The van der Waals surface area contributed by atoms with E-state index in [4.69, 9.17) is 9.84 Å². The lowest BCUT2D eigenvalue weighted by molar-refractivity contribution is 0.186. The van der Waals surface area contributed by atoms with Gasteiger partial charge in [-0.05, 0) is 6.07 Å². The fourth-order valence-corrected chi connectivity index (χ4v) is 1.53. The fourth-order valence-electron chi connectivity index (χ4n) is 1.53. The van der Waals surface area contributed by atoms with Gasteiger partial charge in [0.2, 0.25) is 0 Å². The van der Waals surface area contributed by atoms with Crippen LogP contribution in [0.2, 0.25) is 0 Å². The number of fused-ring (bicyclic) bond motifs is 1. The van der Waals surface area contributed by atoms with Gasteiger partial charge in [-0.15, -0.1) is 0 Å². The van der Waals surface area contributed by atoms with Gasteiger partial charge in [0.05, 0.1) is 24.9 Å². The Hall–Kier alpha value is -2.15. The largest absolute Gasteiger partial charge is 0.465 e. The summed E-state index contributed by atoms with van der Waals surface area (Å²) in [4.78, 5) is 16.2. The molecule has 2 heterocycles. The molecule has 0 atom stereocenters. The van der Waals surface area contributed by atoms with Crippen LogP contribution in [0.1, 0.15) is 0 Å². The molecule has 0 bridgehead atoms. The van der Waals surface area contributed by atoms with Gasteiger partial charge < -0.3 is 9.84 Å². The highest BCUT2D eigenvalue weighted by molar-refractivity contribution is 5.97. The van der Waals surface area contributed by atoms with Gasteiger partial charge in [0.25, 0.3) is 0 Å². The van der Waals surface area contributed by atoms with Crippen LogP contribution in [0.25, 0.3) is 10.9 Å². The number of hydrogen-bond donors (Lipinski definition) is 2. The van der Waals surface area contributed by atoms with E-state index in [1.807, 2.05) is 0 Å². The second-order valence-corrected chi connectivity index (χ2v) is 3.40. The quantitative estimate of drug-likeness (QED) is 0.829. The predicted octanol–water partition coefficient (Wildman–Crippen LogP) is 1.09. The molecule has 90 valence electrons. The minimum Gasteiger partial charge on any atom is -0.465 e. The Kier molecular flexibility index (Phi) is 3.20. The number of amides is 1. The van der Waals surface area contributed by atoms with Crippen LogP contribution >= 0.6 is 0 Å². The normalized spacial score (nSPS) is 10.6. The van der Waals surface area contributed by atoms with Crippen LogP contribution in [0.4, 0.5) is 10.6 Å². The van der Waals surface area contributed by atoms with Crippen molar-refractivity contribution in [2.75, 3.05) is 25.2 Å². The summed E-state index contributed by atoms with van der Waals surface area (Å²) in [6.45, 7) is 0.542. The molecule has 7 nitrogen and oxygen atoms in total. The smallest absolute Gasteiger partial charge is 0.413 e. The maximum absolute atomic E-state index is 11.1. The van der Waals surface area contributed by atoms with Gasteiger partial charge in [-0.25, -0.2) is 4.79 Å². The summed E-state index contributed by atoms with van der Waals surface area (Å²) in [6.07, 6.45) is 2.13. The fraction of sp³-hybridized carbons (Fsp3) is 0.300. The predicted molar refractivity (Wildman–Crippen MR) is 61.1 cm³/mol. The summed E-state index contributed by atoms with van der Waals surface area (Å²) in [5, 5.41) is 16.6. The molecule has 1 amide bonds. The lowest BCUT2D eigenvalue weighted by Crippen LogP contribution is -2.32. The molecule has 2 N–H and O–H groups in total. The molecule has 2 aromatic rings. The number of hydrogen-bond acceptors (Lipinski definition) is 4. The number of nitrogens with zero attached hydrogens (tertiary/aromatic N) is 3. The average molecular weight is 236 g/mol. The highest BCUT2D eigenvalue weighted by Crippen LogP contribution is 2.22. The van der Waals surface area contributed by atoms with E-state index >= 15 is 0 Å². The Morgan fingerprint density at radius 2 is 2.47 bits per heavy atom. The molecule has 2 rings (SSSR count). The third-order valence-electron chi connectivity index (χ3n) is 2.35. The van der Waals surface area contributed by atoms with Gasteiger partial charge in [-0.2, -0.15) is 5.10 Å². The minimum atomic E-state index is -1.06. The zero-order chi connectivity index (χ0) is 12.3. The molecule has 0 radical (unpaired) electrons. The van der Waals surface area contributed by atoms with Crippen LogP contribution in [-0.2, 0) is 4.74 Å². The first-order valence-corrected chi connectivity index (χ1v) is 5.01. The van der Waals surface area contributed by atoms with E-state index in [2.05, 4.69) is 15.2 Å². The highest BCUT2D eigenvalue weighted by Gasteiger charge is 2.19. The Bertz CT molecular complexity index is 525. The maximum atomic E-state index is 11.1. The molecule has 0 aromatic carbocycles. The number of carbonyl (C=O) groups is 1. The molecule has 0 saturated heterocycles. The number of aromatic nitrogens is 3. The van der Waals surface area contributed by atoms with E-state index in [1.54, 1.807) is 18.5 Å². The summed E-state index contributed by atoms with van der Waals surface area (Å²) in [5.41, 5.74) is 0.700. The third kappa shape index (κ3) is 2.18. The van der Waals surface area contributed by atoms with Crippen molar-refractivity contribution < 1.29 is 14.6 Å². The number of H-pyrrole nitrogens is 1. The van der Waals surface area contributed by atoms with E-state index < -0.39 is 6.09 Å². The molecule has 2 aromatic heterocycles. The summed E-state index contributed by atoms with van der Waals surface area (Å²) in [5.74, 6) is 0.368. The van der Waals surface area contributed by atoms with Crippen molar-refractivity contribution in [2.24, 2.45) is 0 Å². The number of pyridine rings is 1. The van der Waals surface area contributed by atoms with Crippen molar-refractivity contribution in [1.29, 1.82) is 0 Å². The van der Waals surface area contributed by atoms with Crippen LogP contribution in [0.15, 0.2) is 18.5 Å². The molecule has 0 aliphatic rings. The van der Waals surface area contributed by atoms with Crippen LogP contribution < -0.4 is 4.90 Å². The molecule has 0 fully saturated rings. The van der Waals surface area contributed by atoms with Crippen LogP contribution in [0.3, 0.4) is 0 Å². The number of carboxylic acid groups (broad SMARTS) is 1. The summed E-state index contributed by atoms with van der Waals surface area (Å²) in [7, 11) is 1.52. The standard InChI is InChI=1S/C10H12N4O3/c1-17-5-4-14(10(15)16)9-7-2-3-11-6-8(7)12-13-9/h2-3,6H,4-5H2,1H3,(H,12,13)(H,15,16). The third-order valence-corrected chi connectivity index (χ3v) is 2.35. The molecular formula is C10H12N4O3. The maximum Gasteiger partial charge on any atom is 0.413 e. The molecule has 0 saturated carbocycles. The second kappa shape index (κ2) is 4.79. The summed E-state index contributed by atoms with van der Waals surface area (Å²) >= 11 is 0. The highest BCUT2D eigenvalue weighted by atomic mass is 16.5. The summed E-state index contributed by atoms with van der Waals surface area (Å²) < 4.78 is 4.88. The van der Waals surface area contributed by atoms with Gasteiger partial charge in [-0.3, -0.25) is 15.0 Å². The van der Waals surface area contributed by atoms with Crippen molar-refractivity contribution in [3.63, 3.8) is 0 Å². The van der Waals surface area contributed by atoms with Gasteiger partial charge in [0.15, 0.2) is 5.82 Å². The lowest BCUT2D eigenvalue weighted by Gasteiger charge is -2.15. The van der Waals surface area contributed by atoms with Gasteiger partial charge in [-0.1, -0.05) is 0 Å². The molecule has 0 aliphatic carbocycles. The SMILES string of the molecule is COCCN(C(=O)O)c1n[nH]c2cnccc12. The first-order valence-electron chi connectivity index (χ1n) is 5.01. The molecule has 0 aliphatic heterocycles. The lowest BCUT2D eigenvalue weighted by atomic mass is 10.3. The topological polar surface area (TPSA) is 91.3 Å². The van der Waals surface area contributed by atoms with E-state index in [0.29, 0.717) is 17.9 Å². The number of rotatable bonds is 4. The first-order chi connectivity index (χ1) is 8.24. The van der Waals surface area contributed by atoms with E-state index in [1.165, 1.54) is 7.11 Å². The van der Waals surface area contributed by atoms with Crippen molar-refractivity contribution in [3.8, 4) is 0 Å². The van der Waals surface area contributed by atoms with E-state index in [9.17, 15) is 4.79 Å². The minimum absolute atomic E-state index is 0.230. The number of nitrogens with one attached hydrogen (secondary N) is 1. The zero-order valence-corrected chi connectivity index (χ0v) is 9.25. The zero-order valence-electron chi connectivity index (χ0n) is 9.25. The number of aromatic amines is 1. The Morgan fingerprint density at radius 1 is 1.65 bits per heavy atom.